The van der Waals surface area contributed by atoms with Crippen molar-refractivity contribution < 1.29 is 9.53 Å². The highest BCUT2D eigenvalue weighted by atomic mass is 16.5. The Hall–Kier alpha value is -0.650. The molecule has 0 aromatic rings. The second kappa shape index (κ2) is 5.80. The summed E-state index contributed by atoms with van der Waals surface area (Å²) in [5.41, 5.74) is 5.62. The van der Waals surface area contributed by atoms with Gasteiger partial charge in [-0.05, 0) is 19.8 Å². The molecule has 1 atom stereocenters. The van der Waals surface area contributed by atoms with Crippen LogP contribution in [0.2, 0.25) is 0 Å². The smallest absolute Gasteiger partial charge is 0.239 e. The van der Waals surface area contributed by atoms with E-state index in [4.69, 9.17) is 10.5 Å². The van der Waals surface area contributed by atoms with Crippen LogP contribution in [0.25, 0.3) is 0 Å². The van der Waals surface area contributed by atoms with Gasteiger partial charge in [-0.15, -0.1) is 0 Å². The molecule has 5 nitrogen and oxygen atoms in total. The second-order valence-electron chi connectivity index (χ2n) is 4.99. The van der Waals surface area contributed by atoms with Crippen LogP contribution >= 0.6 is 0 Å². The number of carbonyl (C=O) groups excluding carboxylic acids is 1. The summed E-state index contributed by atoms with van der Waals surface area (Å²) in [5, 5.41) is 0. The molecule has 2 N–H and O–H groups in total. The molecule has 2 aliphatic heterocycles. The maximum Gasteiger partial charge on any atom is 0.239 e. The maximum absolute atomic E-state index is 11.7. The van der Waals surface area contributed by atoms with Crippen molar-refractivity contribution in [3.63, 3.8) is 0 Å². The number of rotatable bonds is 2. The first-order valence-corrected chi connectivity index (χ1v) is 6.54. The third kappa shape index (κ3) is 3.18. The number of nitrogens with two attached hydrogens (primary N) is 1. The Bertz CT molecular complexity index is 256. The molecule has 1 amide bonds. The average molecular weight is 241 g/mol. The summed E-state index contributed by atoms with van der Waals surface area (Å²) in [6, 6.07) is 0.279. The summed E-state index contributed by atoms with van der Waals surface area (Å²) < 4.78 is 5.37. The minimum atomic E-state index is -0.371. The van der Waals surface area contributed by atoms with E-state index in [1.165, 1.54) is 0 Å². The van der Waals surface area contributed by atoms with Gasteiger partial charge in [-0.2, -0.15) is 0 Å². The van der Waals surface area contributed by atoms with Gasteiger partial charge in [-0.1, -0.05) is 0 Å². The van der Waals surface area contributed by atoms with Crippen LogP contribution in [0.3, 0.4) is 0 Å². The van der Waals surface area contributed by atoms with E-state index in [1.807, 2.05) is 4.90 Å². The molecule has 0 saturated carbocycles. The molecule has 2 aliphatic rings. The predicted molar refractivity (Wildman–Crippen MR) is 65.6 cm³/mol. The van der Waals surface area contributed by atoms with E-state index in [1.54, 1.807) is 6.92 Å². The monoisotopic (exact) mass is 241 g/mol. The van der Waals surface area contributed by atoms with Crippen LogP contribution < -0.4 is 5.73 Å². The zero-order valence-electron chi connectivity index (χ0n) is 10.6. The van der Waals surface area contributed by atoms with Gasteiger partial charge in [0.25, 0.3) is 0 Å². The summed E-state index contributed by atoms with van der Waals surface area (Å²) in [5.74, 6) is 0.0802. The van der Waals surface area contributed by atoms with Gasteiger partial charge in [0.15, 0.2) is 0 Å². The molecule has 0 aliphatic carbocycles. The van der Waals surface area contributed by atoms with E-state index in [0.717, 1.165) is 52.2 Å². The van der Waals surface area contributed by atoms with Crippen LogP contribution in [0.1, 0.15) is 19.8 Å². The number of amides is 1. The first-order valence-electron chi connectivity index (χ1n) is 6.54. The van der Waals surface area contributed by atoms with Gasteiger partial charge in [0.1, 0.15) is 0 Å². The van der Waals surface area contributed by atoms with Gasteiger partial charge in [-0.3, -0.25) is 9.69 Å². The summed E-state index contributed by atoms with van der Waals surface area (Å²) in [6.45, 7) is 7.10. The summed E-state index contributed by atoms with van der Waals surface area (Å²) >= 11 is 0. The first-order chi connectivity index (χ1) is 8.18. The Morgan fingerprint density at radius 1 is 1.24 bits per heavy atom. The van der Waals surface area contributed by atoms with Crippen LogP contribution in [0.4, 0.5) is 0 Å². The number of piperazine rings is 1. The van der Waals surface area contributed by atoms with E-state index in [-0.39, 0.29) is 11.9 Å². The second-order valence-corrected chi connectivity index (χ2v) is 4.99. The van der Waals surface area contributed by atoms with Crippen molar-refractivity contribution in [2.45, 2.75) is 31.8 Å². The van der Waals surface area contributed by atoms with E-state index in [0.29, 0.717) is 6.04 Å². The largest absolute Gasteiger partial charge is 0.381 e. The van der Waals surface area contributed by atoms with Gasteiger partial charge in [-0.25, -0.2) is 0 Å². The van der Waals surface area contributed by atoms with Crippen molar-refractivity contribution in [3.8, 4) is 0 Å². The fraction of sp³-hybridized carbons (Fsp3) is 0.917. The summed E-state index contributed by atoms with van der Waals surface area (Å²) in [4.78, 5) is 16.1. The maximum atomic E-state index is 11.7. The number of hydrogen-bond donors (Lipinski definition) is 1. The topological polar surface area (TPSA) is 58.8 Å². The van der Waals surface area contributed by atoms with Gasteiger partial charge in [0.2, 0.25) is 5.91 Å². The lowest BCUT2D eigenvalue weighted by atomic mass is 10.1. The average Bonchev–Trinajstić information content (AvgIpc) is 2.39. The molecule has 2 rings (SSSR count). The lowest BCUT2D eigenvalue weighted by Crippen LogP contribution is -2.55. The van der Waals surface area contributed by atoms with Crippen LogP contribution in [0, 0.1) is 0 Å². The minimum absolute atomic E-state index is 0.0802. The zero-order chi connectivity index (χ0) is 12.3. The summed E-state index contributed by atoms with van der Waals surface area (Å²) in [7, 11) is 0. The lowest BCUT2D eigenvalue weighted by molar-refractivity contribution is -0.134. The fourth-order valence-electron chi connectivity index (χ4n) is 2.65. The van der Waals surface area contributed by atoms with Crippen molar-refractivity contribution in [1.82, 2.24) is 9.80 Å². The Kier molecular flexibility index (Phi) is 4.36. The molecule has 17 heavy (non-hydrogen) atoms. The quantitative estimate of drug-likeness (QED) is 0.718. The molecule has 2 fully saturated rings. The molecule has 0 unspecified atom stereocenters. The number of nitrogens with zero attached hydrogens (tertiary/aromatic N) is 2. The summed E-state index contributed by atoms with van der Waals surface area (Å²) in [6.07, 6.45) is 2.25. The van der Waals surface area contributed by atoms with Crippen molar-refractivity contribution in [2.24, 2.45) is 5.73 Å². The van der Waals surface area contributed by atoms with Gasteiger partial charge in [0, 0.05) is 45.4 Å². The van der Waals surface area contributed by atoms with Crippen molar-refractivity contribution in [3.05, 3.63) is 0 Å². The van der Waals surface area contributed by atoms with Crippen molar-refractivity contribution in [2.75, 3.05) is 39.4 Å². The third-order valence-corrected chi connectivity index (χ3v) is 3.72. The van der Waals surface area contributed by atoms with E-state index in [9.17, 15) is 4.79 Å². The molecular weight excluding hydrogens is 218 g/mol. The van der Waals surface area contributed by atoms with E-state index in [2.05, 4.69) is 4.90 Å². The molecule has 0 aromatic heterocycles. The Morgan fingerprint density at radius 3 is 2.35 bits per heavy atom. The molecule has 2 saturated heterocycles. The number of ether oxygens (including phenoxy) is 1. The predicted octanol–water partition coefficient (Wildman–Crippen LogP) is -0.343. The van der Waals surface area contributed by atoms with Crippen LogP contribution in [-0.2, 0) is 9.53 Å². The van der Waals surface area contributed by atoms with Crippen LogP contribution in [-0.4, -0.2) is 67.2 Å². The van der Waals surface area contributed by atoms with Gasteiger partial charge < -0.3 is 15.4 Å². The Labute approximate surface area is 103 Å². The third-order valence-electron chi connectivity index (χ3n) is 3.72. The molecule has 2 heterocycles. The molecular formula is C12H23N3O2. The SMILES string of the molecule is C[C@@H](N)C(=O)N1CCN(C2CCOCC2)CC1. The van der Waals surface area contributed by atoms with E-state index >= 15 is 0 Å². The fourth-order valence-corrected chi connectivity index (χ4v) is 2.65. The molecule has 0 spiro atoms. The molecule has 5 heteroatoms. The molecule has 0 bridgehead atoms. The van der Waals surface area contributed by atoms with Crippen molar-refractivity contribution >= 4 is 5.91 Å². The van der Waals surface area contributed by atoms with E-state index < -0.39 is 0 Å². The standard InChI is InChI=1S/C12H23N3O2/c1-10(13)12(16)15-6-4-14(5-7-15)11-2-8-17-9-3-11/h10-11H,2-9,13H2,1H3/t10-/m1/s1. The van der Waals surface area contributed by atoms with Gasteiger partial charge >= 0.3 is 0 Å². The highest BCUT2D eigenvalue weighted by Crippen LogP contribution is 2.16. The molecule has 0 aromatic carbocycles. The number of hydrogen-bond acceptors (Lipinski definition) is 4. The minimum Gasteiger partial charge on any atom is -0.381 e. The highest BCUT2D eigenvalue weighted by Gasteiger charge is 2.27. The normalized spacial score (nSPS) is 25.9. The van der Waals surface area contributed by atoms with Crippen LogP contribution in [0.5, 0.6) is 0 Å². The Morgan fingerprint density at radius 2 is 1.82 bits per heavy atom. The highest BCUT2D eigenvalue weighted by molar-refractivity contribution is 5.81. The molecule has 98 valence electrons. The zero-order valence-corrected chi connectivity index (χ0v) is 10.6. The lowest BCUT2D eigenvalue weighted by Gasteiger charge is -2.41. The molecule has 0 radical (unpaired) electrons. The van der Waals surface area contributed by atoms with Gasteiger partial charge in [0.05, 0.1) is 6.04 Å². The Balaban J connectivity index is 1.79. The number of carbonyl (C=O) groups is 1. The first kappa shape index (κ1) is 12.8. The van der Waals surface area contributed by atoms with Crippen LogP contribution in [0.15, 0.2) is 0 Å². The van der Waals surface area contributed by atoms with Crippen molar-refractivity contribution in [1.29, 1.82) is 0 Å².